The fourth-order valence-corrected chi connectivity index (χ4v) is 1.37. The molecule has 0 aliphatic carbocycles. The summed E-state index contributed by atoms with van der Waals surface area (Å²) < 4.78 is 10.7. The van der Waals surface area contributed by atoms with Crippen molar-refractivity contribution < 1.29 is 9.47 Å². The van der Waals surface area contributed by atoms with E-state index in [0.717, 1.165) is 11.3 Å². The van der Waals surface area contributed by atoms with Crippen LogP contribution in [-0.2, 0) is 4.74 Å². The van der Waals surface area contributed by atoms with E-state index < -0.39 is 0 Å². The summed E-state index contributed by atoms with van der Waals surface area (Å²) in [5, 5.41) is 0. The first kappa shape index (κ1) is 12.0. The second-order valence-electron chi connectivity index (χ2n) is 3.74. The molecule has 0 aliphatic rings. The molecule has 1 unspecified atom stereocenters. The van der Waals surface area contributed by atoms with Gasteiger partial charge in [-0.3, -0.25) is 0 Å². The van der Waals surface area contributed by atoms with E-state index in [0.29, 0.717) is 6.61 Å². The maximum absolute atomic E-state index is 5.79. The van der Waals surface area contributed by atoms with Crippen molar-refractivity contribution in [3.05, 3.63) is 29.8 Å². The maximum atomic E-state index is 5.79. The standard InChI is InChI=1S/C12H19NO2/c1-9(8-14-3)15-12-6-4-5-11(7-12)10(2)13/h4-7,9-10H,8,13H2,1-3H3/t9?,10-/m0/s1. The third-order valence-corrected chi connectivity index (χ3v) is 2.12. The van der Waals surface area contributed by atoms with Gasteiger partial charge in [-0.25, -0.2) is 0 Å². The quantitative estimate of drug-likeness (QED) is 0.807. The summed E-state index contributed by atoms with van der Waals surface area (Å²) in [7, 11) is 1.66. The lowest BCUT2D eigenvalue weighted by molar-refractivity contribution is 0.0920. The van der Waals surface area contributed by atoms with Gasteiger partial charge in [-0.2, -0.15) is 0 Å². The zero-order valence-electron chi connectivity index (χ0n) is 9.57. The lowest BCUT2D eigenvalue weighted by Crippen LogP contribution is -2.18. The lowest BCUT2D eigenvalue weighted by atomic mass is 10.1. The van der Waals surface area contributed by atoms with Crippen molar-refractivity contribution in [2.45, 2.75) is 26.0 Å². The Morgan fingerprint density at radius 1 is 1.33 bits per heavy atom. The minimum absolute atomic E-state index is 0.0336. The molecule has 0 saturated heterocycles. The molecule has 0 aliphatic heterocycles. The van der Waals surface area contributed by atoms with Gasteiger partial charge in [0.15, 0.2) is 0 Å². The molecular weight excluding hydrogens is 190 g/mol. The molecule has 1 aromatic carbocycles. The average Bonchev–Trinajstić information content (AvgIpc) is 2.18. The highest BCUT2D eigenvalue weighted by Crippen LogP contribution is 2.18. The van der Waals surface area contributed by atoms with Crippen LogP contribution in [0.4, 0.5) is 0 Å². The number of hydrogen-bond donors (Lipinski definition) is 1. The molecule has 0 heterocycles. The van der Waals surface area contributed by atoms with E-state index in [1.807, 2.05) is 38.1 Å². The van der Waals surface area contributed by atoms with Gasteiger partial charge in [0.25, 0.3) is 0 Å². The molecule has 15 heavy (non-hydrogen) atoms. The van der Waals surface area contributed by atoms with Crippen LogP contribution in [-0.4, -0.2) is 19.8 Å². The summed E-state index contributed by atoms with van der Waals surface area (Å²) in [6, 6.07) is 7.88. The lowest BCUT2D eigenvalue weighted by Gasteiger charge is -2.15. The molecule has 1 aromatic rings. The van der Waals surface area contributed by atoms with Crippen molar-refractivity contribution in [3.63, 3.8) is 0 Å². The first-order valence-electron chi connectivity index (χ1n) is 5.14. The normalized spacial score (nSPS) is 14.7. The summed E-state index contributed by atoms with van der Waals surface area (Å²) in [6.07, 6.45) is 0.0540. The molecule has 1 rings (SSSR count). The van der Waals surface area contributed by atoms with Crippen molar-refractivity contribution in [3.8, 4) is 5.75 Å². The fraction of sp³-hybridized carbons (Fsp3) is 0.500. The predicted octanol–water partition coefficient (Wildman–Crippen LogP) is 2.12. The van der Waals surface area contributed by atoms with Crippen molar-refractivity contribution in [1.29, 1.82) is 0 Å². The first-order valence-corrected chi connectivity index (χ1v) is 5.14. The average molecular weight is 209 g/mol. The molecule has 0 fully saturated rings. The van der Waals surface area contributed by atoms with E-state index >= 15 is 0 Å². The van der Waals surface area contributed by atoms with Crippen LogP contribution in [0.2, 0.25) is 0 Å². The van der Waals surface area contributed by atoms with Crippen LogP contribution in [0.25, 0.3) is 0 Å². The first-order chi connectivity index (χ1) is 7.13. The third-order valence-electron chi connectivity index (χ3n) is 2.12. The van der Waals surface area contributed by atoms with Gasteiger partial charge in [-0.05, 0) is 31.5 Å². The van der Waals surface area contributed by atoms with Gasteiger partial charge in [0.1, 0.15) is 11.9 Å². The Balaban J connectivity index is 2.65. The smallest absolute Gasteiger partial charge is 0.120 e. The largest absolute Gasteiger partial charge is 0.488 e. The zero-order chi connectivity index (χ0) is 11.3. The highest BCUT2D eigenvalue weighted by Gasteiger charge is 2.05. The van der Waals surface area contributed by atoms with E-state index in [-0.39, 0.29) is 12.1 Å². The van der Waals surface area contributed by atoms with Gasteiger partial charge >= 0.3 is 0 Å². The Kier molecular flexibility index (Phi) is 4.59. The fourth-order valence-electron chi connectivity index (χ4n) is 1.37. The van der Waals surface area contributed by atoms with Gasteiger partial charge in [0, 0.05) is 13.2 Å². The van der Waals surface area contributed by atoms with Crippen LogP contribution < -0.4 is 10.5 Å². The van der Waals surface area contributed by atoms with E-state index in [4.69, 9.17) is 15.2 Å². The highest BCUT2D eigenvalue weighted by atomic mass is 16.5. The molecule has 0 spiro atoms. The van der Waals surface area contributed by atoms with E-state index in [2.05, 4.69) is 0 Å². The van der Waals surface area contributed by atoms with Crippen LogP contribution >= 0.6 is 0 Å². The predicted molar refractivity (Wildman–Crippen MR) is 61.0 cm³/mol. The second kappa shape index (κ2) is 5.73. The van der Waals surface area contributed by atoms with E-state index in [1.54, 1.807) is 7.11 Å². The van der Waals surface area contributed by atoms with Crippen molar-refractivity contribution >= 4 is 0 Å². The van der Waals surface area contributed by atoms with Crippen LogP contribution in [0.15, 0.2) is 24.3 Å². The Labute approximate surface area is 91.2 Å². The highest BCUT2D eigenvalue weighted by molar-refractivity contribution is 5.30. The summed E-state index contributed by atoms with van der Waals surface area (Å²) in [6.45, 7) is 4.52. The van der Waals surface area contributed by atoms with Crippen LogP contribution in [0.3, 0.4) is 0 Å². The number of ether oxygens (including phenoxy) is 2. The molecule has 0 aromatic heterocycles. The zero-order valence-corrected chi connectivity index (χ0v) is 9.57. The van der Waals surface area contributed by atoms with Crippen LogP contribution in [0.5, 0.6) is 5.75 Å². The number of rotatable bonds is 5. The summed E-state index contributed by atoms with van der Waals surface area (Å²) in [5.74, 6) is 0.842. The molecule has 0 radical (unpaired) electrons. The SMILES string of the molecule is COCC(C)Oc1cccc([C@H](C)N)c1. The molecule has 3 nitrogen and oxygen atoms in total. The monoisotopic (exact) mass is 209 g/mol. The van der Waals surface area contributed by atoms with Gasteiger partial charge in [0.2, 0.25) is 0 Å². The minimum atomic E-state index is 0.0336. The molecule has 0 bridgehead atoms. The summed E-state index contributed by atoms with van der Waals surface area (Å²) >= 11 is 0. The van der Waals surface area contributed by atoms with Gasteiger partial charge in [-0.1, -0.05) is 12.1 Å². The number of methoxy groups -OCH3 is 1. The summed E-state index contributed by atoms with van der Waals surface area (Å²) in [4.78, 5) is 0. The molecule has 2 N–H and O–H groups in total. The molecule has 0 saturated carbocycles. The summed E-state index contributed by atoms with van der Waals surface area (Å²) in [5.41, 5.74) is 6.87. The second-order valence-corrected chi connectivity index (χ2v) is 3.74. The van der Waals surface area contributed by atoms with E-state index in [9.17, 15) is 0 Å². The minimum Gasteiger partial charge on any atom is -0.488 e. The molecular formula is C12H19NO2. The Morgan fingerprint density at radius 2 is 2.07 bits per heavy atom. The van der Waals surface area contributed by atoms with E-state index in [1.165, 1.54) is 0 Å². The maximum Gasteiger partial charge on any atom is 0.120 e. The van der Waals surface area contributed by atoms with Gasteiger partial charge in [-0.15, -0.1) is 0 Å². The molecule has 0 amide bonds. The third kappa shape index (κ3) is 3.90. The van der Waals surface area contributed by atoms with Crippen molar-refractivity contribution in [2.24, 2.45) is 5.73 Å². The number of nitrogens with two attached hydrogens (primary N) is 1. The molecule has 84 valence electrons. The topological polar surface area (TPSA) is 44.5 Å². The van der Waals surface area contributed by atoms with Crippen molar-refractivity contribution in [2.75, 3.05) is 13.7 Å². The van der Waals surface area contributed by atoms with Crippen molar-refractivity contribution in [1.82, 2.24) is 0 Å². The Hall–Kier alpha value is -1.06. The van der Waals surface area contributed by atoms with Crippen LogP contribution in [0.1, 0.15) is 25.5 Å². The number of benzene rings is 1. The van der Waals surface area contributed by atoms with Gasteiger partial charge < -0.3 is 15.2 Å². The Bertz CT molecular complexity index is 299. The van der Waals surface area contributed by atoms with Gasteiger partial charge in [0.05, 0.1) is 6.61 Å². The Morgan fingerprint density at radius 3 is 2.67 bits per heavy atom. The number of hydrogen-bond acceptors (Lipinski definition) is 3. The van der Waals surface area contributed by atoms with Crippen LogP contribution in [0, 0.1) is 0 Å². The molecule has 3 heteroatoms. The molecule has 2 atom stereocenters.